The molecule has 2 aliphatic carbocycles. The number of nitro groups is 1. The maximum Gasteiger partial charge on any atom is 0.409 e. The molecule has 14 heteroatoms. The predicted molar refractivity (Wildman–Crippen MR) is 216 cm³/mol. The summed E-state index contributed by atoms with van der Waals surface area (Å²) in [4.78, 5) is 36.4. The number of nitrogens with zero attached hydrogens (tertiary/aromatic N) is 4. The summed E-state index contributed by atoms with van der Waals surface area (Å²) in [6.45, 7) is 6.50. The molecule has 2 N–H and O–H groups in total. The molecule has 2 aromatic carbocycles. The van der Waals surface area contributed by atoms with Crippen molar-refractivity contribution >= 4 is 17.5 Å². The van der Waals surface area contributed by atoms with Crippen molar-refractivity contribution in [2.75, 3.05) is 34.0 Å². The fourth-order valence-corrected chi connectivity index (χ4v) is 8.82. The number of carbonyl (C=O) groups excluding carboxylic acids is 1. The number of aliphatic hydroxyl groups excluding tert-OH is 2. The Labute approximate surface area is 339 Å². The minimum absolute atomic E-state index is 0.0240. The molecule has 0 radical (unpaired) electrons. The van der Waals surface area contributed by atoms with Crippen LogP contribution in [-0.2, 0) is 27.5 Å². The molecular formula is C44H54N4O10. The van der Waals surface area contributed by atoms with Gasteiger partial charge in [-0.25, -0.2) is 4.79 Å². The lowest BCUT2D eigenvalue weighted by molar-refractivity contribution is -0.384. The van der Waals surface area contributed by atoms with E-state index >= 15 is 0 Å². The number of amides is 1. The van der Waals surface area contributed by atoms with E-state index in [4.69, 9.17) is 28.9 Å². The van der Waals surface area contributed by atoms with Crippen LogP contribution >= 0.6 is 0 Å². The Morgan fingerprint density at radius 3 is 2.53 bits per heavy atom. The highest BCUT2D eigenvalue weighted by molar-refractivity contribution is 6.02. The Kier molecular flexibility index (Phi) is 14.2. The number of hydrogen-bond donors (Lipinski definition) is 2. The van der Waals surface area contributed by atoms with Gasteiger partial charge in [-0.3, -0.25) is 15.1 Å². The number of pyridine rings is 1. The number of non-ortho nitro benzene ring substituents is 1. The van der Waals surface area contributed by atoms with Crippen LogP contribution in [0, 0.1) is 34.8 Å². The molecule has 0 unspecified atom stereocenters. The third-order valence-electron chi connectivity index (χ3n) is 11.5. The van der Waals surface area contributed by atoms with E-state index in [-0.39, 0.29) is 62.9 Å². The summed E-state index contributed by atoms with van der Waals surface area (Å²) in [5.41, 5.74) is 4.79. The number of aromatic nitrogens is 1. The second kappa shape index (κ2) is 19.4. The third-order valence-corrected chi connectivity index (χ3v) is 11.5. The van der Waals surface area contributed by atoms with E-state index in [1.54, 1.807) is 25.3 Å². The number of carbonyl (C=O) groups is 1. The first kappa shape index (κ1) is 42.3. The summed E-state index contributed by atoms with van der Waals surface area (Å²) >= 11 is 0. The maximum absolute atomic E-state index is 13.4. The topological polar surface area (TPSA) is 175 Å². The molecule has 3 aliphatic rings. The van der Waals surface area contributed by atoms with Gasteiger partial charge in [0.05, 0.1) is 36.0 Å². The van der Waals surface area contributed by atoms with E-state index < -0.39 is 28.8 Å². The Bertz CT molecular complexity index is 1970. The number of nitro benzene ring substituents is 1. The summed E-state index contributed by atoms with van der Waals surface area (Å²) in [6.07, 6.45) is 7.97. The largest absolute Gasteiger partial charge is 0.487 e. The Morgan fingerprint density at radius 2 is 1.84 bits per heavy atom. The number of methoxy groups -OCH3 is 1. The second-order valence-corrected chi connectivity index (χ2v) is 15.1. The fourth-order valence-electron chi connectivity index (χ4n) is 8.82. The molecule has 1 aliphatic heterocycles. The predicted octanol–water partition coefficient (Wildman–Crippen LogP) is 7.41. The highest BCUT2D eigenvalue weighted by Crippen LogP contribution is 2.61. The summed E-state index contributed by atoms with van der Waals surface area (Å²) < 4.78 is 25.6. The maximum atomic E-state index is 13.4. The quantitative estimate of drug-likeness (QED) is 0.0535. The van der Waals surface area contributed by atoms with Crippen molar-refractivity contribution < 1.29 is 43.7 Å². The van der Waals surface area contributed by atoms with E-state index in [0.29, 0.717) is 35.6 Å². The monoisotopic (exact) mass is 798 g/mol. The minimum atomic E-state index is -1.42. The molecule has 0 bridgehead atoms. The fraction of sp³-hybridized carbons (Fsp3) is 0.477. The standard InChI is InChI=1S/C44H54N4O10/c1-5-23-56-44-40(47(3)43(51)54-4)26-38(46-57-27-30-15-17-33(18-16-30)48(52)53)36-24-31(12-6-8-21-49)35(14-7-9-22-50)41(42(36)44)37-25-34(19-20-39(37)58-44)55-28-32-13-10-11-29(2)45-32/h5,10-11,13,15-20,24-25,31,35,40-42,49-50H,1,6-9,12,14,21-23,26-28H2,2-4H3/t31-,35+,40-,41+,42+,44+/m0/s1. The zero-order valence-electron chi connectivity index (χ0n) is 33.5. The molecule has 310 valence electrons. The van der Waals surface area contributed by atoms with Crippen molar-refractivity contribution in [1.29, 1.82) is 0 Å². The van der Waals surface area contributed by atoms with Gasteiger partial charge in [0, 0.05) is 56.0 Å². The van der Waals surface area contributed by atoms with Gasteiger partial charge in [-0.15, -0.1) is 6.58 Å². The molecule has 6 rings (SSSR count). The van der Waals surface area contributed by atoms with Gasteiger partial charge in [-0.1, -0.05) is 36.2 Å². The summed E-state index contributed by atoms with van der Waals surface area (Å²) in [5.74, 6) is -0.836. The average molecular weight is 799 g/mol. The van der Waals surface area contributed by atoms with E-state index in [0.717, 1.165) is 48.2 Å². The number of allylic oxidation sites excluding steroid dienone is 1. The van der Waals surface area contributed by atoms with Crippen molar-refractivity contribution in [2.45, 2.75) is 82.8 Å². The van der Waals surface area contributed by atoms with Crippen LogP contribution in [0.5, 0.6) is 11.5 Å². The van der Waals surface area contributed by atoms with Crippen LogP contribution in [0.25, 0.3) is 0 Å². The van der Waals surface area contributed by atoms with Crippen molar-refractivity contribution in [3.05, 3.63) is 118 Å². The molecule has 2 heterocycles. The van der Waals surface area contributed by atoms with Crippen molar-refractivity contribution in [1.82, 2.24) is 9.88 Å². The number of rotatable bonds is 19. The van der Waals surface area contributed by atoms with Crippen LogP contribution in [0.2, 0.25) is 0 Å². The van der Waals surface area contributed by atoms with Crippen LogP contribution in [0.15, 0.2) is 90.1 Å². The van der Waals surface area contributed by atoms with E-state index in [1.807, 2.05) is 43.3 Å². The first-order valence-electron chi connectivity index (χ1n) is 19.9. The second-order valence-electron chi connectivity index (χ2n) is 15.1. The van der Waals surface area contributed by atoms with Gasteiger partial charge in [-0.05, 0) is 98.0 Å². The molecular weight excluding hydrogens is 745 g/mol. The molecule has 1 saturated carbocycles. The zero-order chi connectivity index (χ0) is 41.2. The number of aryl methyl sites for hydroxylation is 1. The molecule has 1 fully saturated rings. The lowest BCUT2D eigenvalue weighted by atomic mass is 9.55. The molecule has 1 aromatic heterocycles. The van der Waals surface area contributed by atoms with Crippen molar-refractivity contribution in [2.24, 2.45) is 22.9 Å². The Hall–Kier alpha value is -5.31. The lowest BCUT2D eigenvalue weighted by Crippen LogP contribution is -2.69. The average Bonchev–Trinajstić information content (AvgIpc) is 3.23. The summed E-state index contributed by atoms with van der Waals surface area (Å²) in [6, 6.07) is 17.0. The lowest BCUT2D eigenvalue weighted by Gasteiger charge is -2.59. The number of unbranched alkanes of at least 4 members (excludes halogenated alkanes) is 2. The minimum Gasteiger partial charge on any atom is -0.487 e. The van der Waals surface area contributed by atoms with Gasteiger partial charge < -0.3 is 38.9 Å². The first-order chi connectivity index (χ1) is 28.1. The van der Waals surface area contributed by atoms with Crippen molar-refractivity contribution in [3.8, 4) is 11.5 Å². The number of ether oxygens (including phenoxy) is 4. The number of likely N-dealkylation sites (N-methyl/N-ethyl adjacent to an activating group) is 1. The number of oxime groups is 1. The molecule has 0 spiro atoms. The van der Waals surface area contributed by atoms with E-state index in [9.17, 15) is 25.1 Å². The molecule has 1 amide bonds. The zero-order valence-corrected chi connectivity index (χ0v) is 33.5. The molecule has 6 atom stereocenters. The van der Waals surface area contributed by atoms with Crippen LogP contribution in [0.1, 0.15) is 73.4 Å². The Balaban J connectivity index is 1.51. The van der Waals surface area contributed by atoms with Crippen LogP contribution in [0.3, 0.4) is 0 Å². The van der Waals surface area contributed by atoms with Gasteiger partial charge in [0.2, 0.25) is 5.79 Å². The number of aliphatic hydroxyl groups is 2. The van der Waals surface area contributed by atoms with Gasteiger partial charge in [-0.2, -0.15) is 0 Å². The number of hydrogen-bond acceptors (Lipinski definition) is 12. The number of fused-ring (bicyclic) bond motifs is 2. The molecule has 0 saturated heterocycles. The first-order valence-corrected chi connectivity index (χ1v) is 19.9. The third kappa shape index (κ3) is 9.19. The van der Waals surface area contributed by atoms with Gasteiger partial charge >= 0.3 is 6.09 Å². The SMILES string of the molecule is C=CCO[C@@]12Oc3ccc(OCc4cccc(C)n4)cc3[C@H]3[C@H](CCCCO)[C@@H](CCCCO)C=C(C(=NOCc4ccc([N+](=O)[O-])cc4)C[C@@H]1N(C)C(=O)OC)[C@H]32. The van der Waals surface area contributed by atoms with Crippen LogP contribution < -0.4 is 9.47 Å². The molecule has 14 nitrogen and oxygen atoms in total. The van der Waals surface area contributed by atoms with Crippen LogP contribution in [0.4, 0.5) is 10.5 Å². The summed E-state index contributed by atoms with van der Waals surface area (Å²) in [5, 5.41) is 35.7. The van der Waals surface area contributed by atoms with Gasteiger partial charge in [0.1, 0.15) is 30.8 Å². The van der Waals surface area contributed by atoms with E-state index in [1.165, 1.54) is 24.1 Å². The summed E-state index contributed by atoms with van der Waals surface area (Å²) in [7, 11) is 2.98. The van der Waals surface area contributed by atoms with Crippen molar-refractivity contribution in [3.63, 3.8) is 0 Å². The molecule has 3 aromatic rings. The number of benzene rings is 2. The van der Waals surface area contributed by atoms with Gasteiger partial charge in [0.15, 0.2) is 0 Å². The normalized spacial score (nSPS) is 23.8. The van der Waals surface area contributed by atoms with Gasteiger partial charge in [0.25, 0.3) is 5.69 Å². The highest BCUT2D eigenvalue weighted by Gasteiger charge is 2.65. The van der Waals surface area contributed by atoms with E-state index in [2.05, 4.69) is 17.6 Å². The Morgan fingerprint density at radius 1 is 1.09 bits per heavy atom. The highest BCUT2D eigenvalue weighted by atomic mass is 16.7. The molecule has 58 heavy (non-hydrogen) atoms. The van der Waals surface area contributed by atoms with Crippen LogP contribution in [-0.4, -0.2) is 82.6 Å². The smallest absolute Gasteiger partial charge is 0.409 e.